The number of fused-ring (bicyclic) bond motifs is 1. The molecule has 0 aromatic carbocycles. The van der Waals surface area contributed by atoms with E-state index in [2.05, 4.69) is 15.3 Å². The van der Waals surface area contributed by atoms with E-state index in [0.717, 1.165) is 0 Å². The summed E-state index contributed by atoms with van der Waals surface area (Å²) in [6, 6.07) is -0.175. The zero-order valence-electron chi connectivity index (χ0n) is 18.0. The van der Waals surface area contributed by atoms with E-state index in [1.54, 1.807) is 30.4 Å². The fraction of sp³-hybridized carbons (Fsp3) is 0.632. The average Bonchev–Trinajstić information content (AvgIpc) is 3.36. The van der Waals surface area contributed by atoms with Crippen LogP contribution >= 0.6 is 0 Å². The third-order valence-electron chi connectivity index (χ3n) is 5.29. The topological polar surface area (TPSA) is 107 Å². The second-order valence-electron chi connectivity index (χ2n) is 8.96. The van der Waals surface area contributed by atoms with Crippen LogP contribution in [-0.2, 0) is 28.8 Å². The highest BCUT2D eigenvalue weighted by Crippen LogP contribution is 2.36. The van der Waals surface area contributed by atoms with Gasteiger partial charge in [0.1, 0.15) is 5.60 Å². The minimum Gasteiger partial charge on any atom is -0.444 e. The van der Waals surface area contributed by atoms with E-state index in [9.17, 15) is 22.8 Å². The van der Waals surface area contributed by atoms with Gasteiger partial charge in [0.05, 0.1) is 42.6 Å². The Hall–Kier alpha value is -3.12. The molecule has 174 valence electrons. The molecule has 2 atom stereocenters. The third kappa shape index (κ3) is 4.15. The van der Waals surface area contributed by atoms with Crippen LogP contribution in [0.2, 0.25) is 0 Å². The lowest BCUT2D eigenvalue weighted by Crippen LogP contribution is -2.47. The first-order valence-corrected chi connectivity index (χ1v) is 10.1. The Bertz CT molecular complexity index is 1040. The van der Waals surface area contributed by atoms with Crippen LogP contribution in [-0.4, -0.2) is 55.1 Å². The summed E-state index contributed by atoms with van der Waals surface area (Å²) in [4.78, 5) is 28.3. The zero-order valence-corrected chi connectivity index (χ0v) is 18.0. The number of carbonyl (C=O) groups is 2. The summed E-state index contributed by atoms with van der Waals surface area (Å²) in [5.74, 6) is -2.66. The quantitative estimate of drug-likeness (QED) is 0.684. The fourth-order valence-corrected chi connectivity index (χ4v) is 3.80. The van der Waals surface area contributed by atoms with Gasteiger partial charge in [-0.3, -0.25) is 14.4 Å². The van der Waals surface area contributed by atoms with Gasteiger partial charge < -0.3 is 14.1 Å². The highest BCUT2D eigenvalue weighted by Gasteiger charge is 2.42. The standard InChI is InChI=1S/C19H23F3N6O4/c1-10-7-28-13(9-26(10)17(30)32-18(2,3)4)12(6-23-28)27-8-11(5-14(27)29)15-24-25-16(31-15)19(20,21)22/h6,10-11H,5,7-9H2,1-4H3/t10-,11?/m0/s1. The molecule has 4 rings (SSSR count). The molecule has 0 radical (unpaired) electrons. The van der Waals surface area contributed by atoms with Gasteiger partial charge in [0, 0.05) is 13.0 Å². The number of nitrogens with zero attached hydrogens (tertiary/aromatic N) is 6. The second kappa shape index (κ2) is 7.48. The van der Waals surface area contributed by atoms with Crippen LogP contribution in [0.25, 0.3) is 0 Å². The zero-order chi connectivity index (χ0) is 23.4. The van der Waals surface area contributed by atoms with Gasteiger partial charge in [0.25, 0.3) is 0 Å². The SMILES string of the molecule is C[C@H]1Cn2ncc(N3CC(c4nnc(C(F)(F)F)o4)CC3=O)c2CN1C(=O)OC(C)(C)C. The first-order valence-electron chi connectivity index (χ1n) is 10.1. The summed E-state index contributed by atoms with van der Waals surface area (Å²) < 4.78 is 50.2. The normalized spacial score (nSPS) is 21.8. The van der Waals surface area contributed by atoms with Crippen LogP contribution in [0.15, 0.2) is 10.6 Å². The van der Waals surface area contributed by atoms with E-state index in [4.69, 9.17) is 9.15 Å². The molecule has 0 N–H and O–H groups in total. The molecule has 2 aromatic heterocycles. The maximum absolute atomic E-state index is 12.8. The average molecular weight is 456 g/mol. The van der Waals surface area contributed by atoms with Crippen LogP contribution in [0.1, 0.15) is 57.5 Å². The summed E-state index contributed by atoms with van der Waals surface area (Å²) in [6.07, 6.45) is -3.77. The van der Waals surface area contributed by atoms with Gasteiger partial charge in [-0.1, -0.05) is 0 Å². The lowest BCUT2D eigenvalue weighted by Gasteiger charge is -2.36. The van der Waals surface area contributed by atoms with Crippen molar-refractivity contribution in [2.24, 2.45) is 0 Å². The van der Waals surface area contributed by atoms with E-state index < -0.39 is 29.7 Å². The van der Waals surface area contributed by atoms with Gasteiger partial charge in [0.2, 0.25) is 11.8 Å². The summed E-state index contributed by atoms with van der Waals surface area (Å²) in [5, 5.41) is 10.8. The number of anilines is 1. The van der Waals surface area contributed by atoms with Crippen molar-refractivity contribution in [2.45, 2.75) is 70.9 Å². The van der Waals surface area contributed by atoms with Crippen LogP contribution in [0.3, 0.4) is 0 Å². The summed E-state index contributed by atoms with van der Waals surface area (Å²) >= 11 is 0. The van der Waals surface area contributed by atoms with E-state index in [0.29, 0.717) is 17.9 Å². The molecule has 1 fully saturated rings. The molecule has 0 aliphatic carbocycles. The maximum Gasteiger partial charge on any atom is 0.470 e. The van der Waals surface area contributed by atoms with Gasteiger partial charge in [-0.15, -0.1) is 10.2 Å². The van der Waals surface area contributed by atoms with Crippen molar-refractivity contribution in [3.8, 4) is 0 Å². The van der Waals surface area contributed by atoms with Gasteiger partial charge in [0.15, 0.2) is 0 Å². The number of hydrogen-bond acceptors (Lipinski definition) is 7. The molecule has 1 saturated heterocycles. The molecule has 2 aliphatic rings. The molecule has 2 amide bonds. The number of alkyl halides is 3. The van der Waals surface area contributed by atoms with E-state index >= 15 is 0 Å². The number of hydrogen-bond donors (Lipinski definition) is 0. The first kappa shape index (κ1) is 22.1. The van der Waals surface area contributed by atoms with Crippen molar-refractivity contribution in [3.63, 3.8) is 0 Å². The molecule has 2 aliphatic heterocycles. The summed E-state index contributed by atoms with van der Waals surface area (Å²) in [5.41, 5.74) is 0.479. The van der Waals surface area contributed by atoms with E-state index in [1.807, 2.05) is 6.92 Å². The molecular weight excluding hydrogens is 433 g/mol. The van der Waals surface area contributed by atoms with Gasteiger partial charge in [-0.05, 0) is 27.7 Å². The van der Waals surface area contributed by atoms with Crippen LogP contribution in [0.4, 0.5) is 23.7 Å². The molecule has 0 spiro atoms. The molecular formula is C19H23F3N6O4. The number of aromatic nitrogens is 4. The fourth-order valence-electron chi connectivity index (χ4n) is 3.80. The largest absolute Gasteiger partial charge is 0.470 e. The van der Waals surface area contributed by atoms with E-state index in [1.165, 1.54) is 11.1 Å². The number of halogens is 3. The van der Waals surface area contributed by atoms with Gasteiger partial charge in [-0.2, -0.15) is 18.3 Å². The highest BCUT2D eigenvalue weighted by molar-refractivity contribution is 5.96. The number of amides is 2. The van der Waals surface area contributed by atoms with Crippen molar-refractivity contribution in [2.75, 3.05) is 11.4 Å². The molecule has 0 bridgehead atoms. The predicted octanol–water partition coefficient (Wildman–Crippen LogP) is 2.94. The Kier molecular flexibility index (Phi) is 5.17. The Labute approximate surface area is 181 Å². The Morgan fingerprint density at radius 1 is 1.22 bits per heavy atom. The third-order valence-corrected chi connectivity index (χ3v) is 5.29. The summed E-state index contributed by atoms with van der Waals surface area (Å²) in [6.45, 7) is 7.87. The second-order valence-corrected chi connectivity index (χ2v) is 8.96. The van der Waals surface area contributed by atoms with Crippen LogP contribution < -0.4 is 4.90 Å². The van der Waals surface area contributed by atoms with Crippen LogP contribution in [0.5, 0.6) is 0 Å². The maximum atomic E-state index is 12.8. The van der Waals surface area contributed by atoms with Gasteiger partial charge in [-0.25, -0.2) is 4.79 Å². The van der Waals surface area contributed by atoms with Crippen molar-refractivity contribution >= 4 is 17.7 Å². The minimum atomic E-state index is -4.75. The Balaban J connectivity index is 1.54. The summed E-state index contributed by atoms with van der Waals surface area (Å²) in [7, 11) is 0. The van der Waals surface area contributed by atoms with Crippen molar-refractivity contribution in [1.29, 1.82) is 0 Å². The van der Waals surface area contributed by atoms with E-state index in [-0.39, 0.29) is 37.4 Å². The van der Waals surface area contributed by atoms with Crippen molar-refractivity contribution in [1.82, 2.24) is 24.9 Å². The minimum absolute atomic E-state index is 0.0685. The smallest absolute Gasteiger partial charge is 0.444 e. The molecule has 4 heterocycles. The Morgan fingerprint density at radius 2 is 1.94 bits per heavy atom. The molecule has 0 saturated carbocycles. The van der Waals surface area contributed by atoms with Gasteiger partial charge >= 0.3 is 18.2 Å². The predicted molar refractivity (Wildman–Crippen MR) is 102 cm³/mol. The molecule has 13 heteroatoms. The van der Waals surface area contributed by atoms with Crippen molar-refractivity contribution in [3.05, 3.63) is 23.7 Å². The highest BCUT2D eigenvalue weighted by atomic mass is 19.4. The first-order chi connectivity index (χ1) is 14.8. The number of rotatable bonds is 2. The molecule has 1 unspecified atom stereocenters. The number of carbonyl (C=O) groups excluding carboxylic acids is 2. The van der Waals surface area contributed by atoms with Crippen molar-refractivity contribution < 1.29 is 31.9 Å². The lowest BCUT2D eigenvalue weighted by molar-refractivity contribution is -0.157. The lowest BCUT2D eigenvalue weighted by atomic mass is 10.1. The molecule has 32 heavy (non-hydrogen) atoms. The monoisotopic (exact) mass is 456 g/mol. The molecule has 2 aromatic rings. The Morgan fingerprint density at radius 3 is 2.56 bits per heavy atom. The molecule has 10 nitrogen and oxygen atoms in total. The number of ether oxygens (including phenoxy) is 1. The van der Waals surface area contributed by atoms with Crippen LogP contribution in [0, 0.1) is 0 Å².